The van der Waals surface area contributed by atoms with Gasteiger partial charge in [0.25, 0.3) is 5.91 Å². The van der Waals surface area contributed by atoms with E-state index in [4.69, 9.17) is 9.47 Å². The monoisotopic (exact) mass is 404 g/mol. The number of rotatable bonds is 7. The van der Waals surface area contributed by atoms with Crippen molar-refractivity contribution >= 4 is 33.8 Å². The van der Waals surface area contributed by atoms with Crippen molar-refractivity contribution in [2.75, 3.05) is 5.33 Å². The minimum atomic E-state index is -1.84. The maximum absolute atomic E-state index is 12.5. The van der Waals surface area contributed by atoms with Gasteiger partial charge in [-0.2, -0.15) is 5.26 Å². The van der Waals surface area contributed by atoms with Gasteiger partial charge in [-0.15, -0.1) is 0 Å². The van der Waals surface area contributed by atoms with Gasteiger partial charge in [-0.05, 0) is 33.1 Å². The molecule has 24 heavy (non-hydrogen) atoms. The second-order valence-corrected chi connectivity index (χ2v) is 7.21. The summed E-state index contributed by atoms with van der Waals surface area (Å²) < 4.78 is 10.3. The normalized spacial score (nSPS) is 15.0. The molecule has 2 unspecified atom stereocenters. The number of hydrogen-bond donors (Lipinski definition) is 1. The zero-order valence-electron chi connectivity index (χ0n) is 14.9. The van der Waals surface area contributed by atoms with Crippen LogP contribution >= 0.6 is 15.9 Å². The Balaban J connectivity index is 5.42. The van der Waals surface area contributed by atoms with Crippen LogP contribution in [-0.4, -0.2) is 40.4 Å². The molecular formula is C16H25BrN2O5. The molecule has 0 aromatic heterocycles. The van der Waals surface area contributed by atoms with Gasteiger partial charge < -0.3 is 14.8 Å². The summed E-state index contributed by atoms with van der Waals surface area (Å²) in [5, 5.41) is 11.8. The van der Waals surface area contributed by atoms with Gasteiger partial charge in [0.1, 0.15) is 17.0 Å². The number of alkyl halides is 1. The van der Waals surface area contributed by atoms with Crippen LogP contribution in [0.15, 0.2) is 0 Å². The van der Waals surface area contributed by atoms with Crippen LogP contribution in [0.25, 0.3) is 0 Å². The molecule has 7 nitrogen and oxygen atoms in total. The van der Waals surface area contributed by atoms with Gasteiger partial charge in [0.05, 0.1) is 0 Å². The number of carbonyl (C=O) groups excluding carboxylic acids is 3. The van der Waals surface area contributed by atoms with Gasteiger partial charge in [0.15, 0.2) is 6.10 Å². The van der Waals surface area contributed by atoms with Gasteiger partial charge in [0, 0.05) is 0 Å². The number of nitriles is 1. The fourth-order valence-corrected chi connectivity index (χ4v) is 1.88. The number of amides is 1. The number of nitrogens with one attached hydrogen (secondary N) is 1. The average Bonchev–Trinajstić information content (AvgIpc) is 2.47. The lowest BCUT2D eigenvalue weighted by Gasteiger charge is -2.31. The van der Waals surface area contributed by atoms with E-state index in [-0.39, 0.29) is 17.7 Å². The van der Waals surface area contributed by atoms with Gasteiger partial charge in [-0.3, -0.25) is 9.59 Å². The summed E-state index contributed by atoms with van der Waals surface area (Å²) in [6.07, 6.45) is -1.10. The summed E-state index contributed by atoms with van der Waals surface area (Å²) in [5.74, 6) is -2.50. The highest BCUT2D eigenvalue weighted by atomic mass is 79.9. The van der Waals surface area contributed by atoms with Crippen LogP contribution < -0.4 is 5.32 Å². The Bertz CT molecular complexity index is 522. The molecular weight excluding hydrogens is 380 g/mol. The summed E-state index contributed by atoms with van der Waals surface area (Å²) in [4.78, 5) is 36.3. The fourth-order valence-electron chi connectivity index (χ4n) is 1.75. The molecule has 0 aromatic rings. The van der Waals surface area contributed by atoms with E-state index in [0.717, 1.165) is 0 Å². The predicted octanol–water partition coefficient (Wildman–Crippen LogP) is 2.08. The van der Waals surface area contributed by atoms with E-state index >= 15 is 0 Å². The van der Waals surface area contributed by atoms with Crippen LogP contribution in [0.1, 0.15) is 48.0 Å². The highest BCUT2D eigenvalue weighted by Crippen LogP contribution is 2.19. The van der Waals surface area contributed by atoms with Crippen LogP contribution in [0.4, 0.5) is 0 Å². The van der Waals surface area contributed by atoms with Crippen LogP contribution in [0.3, 0.4) is 0 Å². The van der Waals surface area contributed by atoms with E-state index in [1.165, 1.54) is 0 Å². The highest BCUT2D eigenvalue weighted by molar-refractivity contribution is 9.09. The third-order valence-corrected chi connectivity index (χ3v) is 3.49. The first kappa shape index (κ1) is 22.4. The molecule has 1 amide bonds. The molecule has 0 aliphatic heterocycles. The fraction of sp³-hybridized carbons (Fsp3) is 0.750. The second kappa shape index (κ2) is 9.02. The summed E-state index contributed by atoms with van der Waals surface area (Å²) in [6, 6.07) is 1.82. The number of carbonyl (C=O) groups is 3. The summed E-state index contributed by atoms with van der Waals surface area (Å²) in [7, 11) is 0. The maximum Gasteiger partial charge on any atom is 0.347 e. The third-order valence-electron chi connectivity index (χ3n) is 3.04. The number of nitrogens with zero attached hydrogens (tertiary/aromatic N) is 1. The molecule has 0 spiro atoms. The smallest absolute Gasteiger partial charge is 0.347 e. The molecule has 0 saturated carbocycles. The zero-order valence-corrected chi connectivity index (χ0v) is 16.5. The largest absolute Gasteiger partial charge is 0.457 e. The Morgan fingerprint density at radius 2 is 1.79 bits per heavy atom. The number of halogens is 1. The molecule has 1 N–H and O–H groups in total. The van der Waals surface area contributed by atoms with Crippen molar-refractivity contribution in [3.05, 3.63) is 0 Å². The molecule has 0 saturated heterocycles. The van der Waals surface area contributed by atoms with Gasteiger partial charge >= 0.3 is 11.9 Å². The molecule has 0 aromatic carbocycles. The number of esters is 2. The lowest BCUT2D eigenvalue weighted by molar-refractivity contribution is -0.164. The van der Waals surface area contributed by atoms with Crippen LogP contribution in [0.5, 0.6) is 0 Å². The van der Waals surface area contributed by atoms with Crippen molar-refractivity contribution in [1.29, 1.82) is 5.26 Å². The molecule has 0 aliphatic rings. The molecule has 0 bridgehead atoms. The molecule has 2 atom stereocenters. The first-order chi connectivity index (χ1) is 10.9. The molecule has 0 fully saturated rings. The quantitative estimate of drug-likeness (QED) is 0.514. The number of hydrogen-bond acceptors (Lipinski definition) is 6. The van der Waals surface area contributed by atoms with Crippen LogP contribution in [0.2, 0.25) is 0 Å². The maximum atomic E-state index is 12.5. The molecule has 8 heteroatoms. The summed E-state index contributed by atoms with van der Waals surface area (Å²) >= 11 is 2.95. The second-order valence-electron chi connectivity index (χ2n) is 6.65. The van der Waals surface area contributed by atoms with Crippen molar-refractivity contribution in [1.82, 2.24) is 5.32 Å². The minimum absolute atomic E-state index is 0.0152. The molecule has 136 valence electrons. The lowest BCUT2D eigenvalue weighted by atomic mass is 9.96. The summed E-state index contributed by atoms with van der Waals surface area (Å²) in [6.45, 7) is 9.97. The number of ether oxygens (including phenoxy) is 2. The third kappa shape index (κ3) is 6.48. The van der Waals surface area contributed by atoms with Gasteiger partial charge in [-0.25, -0.2) is 4.79 Å². The van der Waals surface area contributed by atoms with Crippen LogP contribution in [0, 0.1) is 17.2 Å². The van der Waals surface area contributed by atoms with Crippen molar-refractivity contribution in [2.24, 2.45) is 5.92 Å². The Morgan fingerprint density at radius 1 is 1.25 bits per heavy atom. The first-order valence-corrected chi connectivity index (χ1v) is 8.76. The van der Waals surface area contributed by atoms with E-state index < -0.39 is 35.1 Å². The van der Waals surface area contributed by atoms with Gasteiger partial charge in [0.2, 0.25) is 5.54 Å². The van der Waals surface area contributed by atoms with Crippen LogP contribution in [-0.2, 0) is 23.9 Å². The molecule has 0 heterocycles. The van der Waals surface area contributed by atoms with E-state index in [1.807, 2.05) is 6.07 Å². The zero-order chi connectivity index (χ0) is 19.1. The Hall–Kier alpha value is -1.62. The first-order valence-electron chi connectivity index (χ1n) is 7.64. The van der Waals surface area contributed by atoms with Crippen molar-refractivity contribution in [3.63, 3.8) is 0 Å². The molecule has 0 aliphatic carbocycles. The van der Waals surface area contributed by atoms with Gasteiger partial charge in [-0.1, -0.05) is 36.7 Å². The average molecular weight is 405 g/mol. The van der Waals surface area contributed by atoms with Crippen molar-refractivity contribution < 1.29 is 23.9 Å². The lowest BCUT2D eigenvalue weighted by Crippen LogP contribution is -2.58. The predicted molar refractivity (Wildman–Crippen MR) is 91.1 cm³/mol. The Morgan fingerprint density at radius 3 is 2.12 bits per heavy atom. The van der Waals surface area contributed by atoms with Crippen molar-refractivity contribution in [3.8, 4) is 6.07 Å². The van der Waals surface area contributed by atoms with E-state index in [1.54, 1.807) is 41.5 Å². The van der Waals surface area contributed by atoms with E-state index in [0.29, 0.717) is 0 Å². The SMILES string of the molecule is CCC(C#N)(NC(=O)C(OC(=O)CBr)C(C)C)C(=O)OC(C)(C)C. The molecule has 0 radical (unpaired) electrons. The topological polar surface area (TPSA) is 105 Å². The Labute approximate surface area is 151 Å². The Kier molecular flexibility index (Phi) is 8.41. The highest BCUT2D eigenvalue weighted by Gasteiger charge is 2.44. The molecule has 0 rings (SSSR count). The minimum Gasteiger partial charge on any atom is -0.457 e. The van der Waals surface area contributed by atoms with Crippen molar-refractivity contribution in [2.45, 2.75) is 65.2 Å². The van der Waals surface area contributed by atoms with E-state index in [9.17, 15) is 19.6 Å². The summed E-state index contributed by atoms with van der Waals surface area (Å²) in [5.41, 5.74) is -2.64. The standard InChI is InChI=1S/C16H25BrN2O5/c1-7-16(9-18,14(22)24-15(4,5)6)19-13(21)12(10(2)3)23-11(20)8-17/h10,12H,7-8H2,1-6H3,(H,19,21). The van der Waals surface area contributed by atoms with E-state index in [2.05, 4.69) is 21.2 Å².